The molecule has 68 valence electrons. The predicted octanol–water partition coefficient (Wildman–Crippen LogP) is -1.64. The zero-order chi connectivity index (χ0) is 9.14. The normalized spacial score (nSPS) is 30.6. The van der Waals surface area contributed by atoms with Gasteiger partial charge < -0.3 is 16.2 Å². The Morgan fingerprint density at radius 3 is 2.92 bits per heavy atom. The minimum absolute atomic E-state index is 0.00347. The first-order valence-corrected chi connectivity index (χ1v) is 3.85. The third-order valence-corrected chi connectivity index (χ3v) is 2.00. The van der Waals surface area contributed by atoms with E-state index < -0.39 is 17.9 Å². The first kappa shape index (κ1) is 8.99. The molecule has 1 fully saturated rings. The summed E-state index contributed by atoms with van der Waals surface area (Å²) in [5, 5.41) is 11.9. The molecule has 12 heavy (non-hydrogen) atoms. The van der Waals surface area contributed by atoms with Crippen LogP contribution in [0.5, 0.6) is 0 Å². The minimum Gasteiger partial charge on any atom is -0.392 e. The van der Waals surface area contributed by atoms with Crippen molar-refractivity contribution in [3.05, 3.63) is 0 Å². The van der Waals surface area contributed by atoms with Crippen molar-refractivity contribution in [1.29, 1.82) is 0 Å². The highest BCUT2D eigenvalue weighted by atomic mass is 16.3. The van der Waals surface area contributed by atoms with E-state index in [1.54, 1.807) is 0 Å². The molecule has 1 aliphatic rings. The van der Waals surface area contributed by atoms with E-state index in [1.165, 1.54) is 0 Å². The molecule has 2 unspecified atom stereocenters. The maximum Gasteiger partial charge on any atom is 0.223 e. The van der Waals surface area contributed by atoms with Crippen LogP contribution < -0.4 is 11.1 Å². The second kappa shape index (κ2) is 3.53. The van der Waals surface area contributed by atoms with E-state index in [1.807, 2.05) is 0 Å². The molecule has 1 rings (SSSR count). The van der Waals surface area contributed by atoms with Gasteiger partial charge in [-0.2, -0.15) is 0 Å². The fourth-order valence-corrected chi connectivity index (χ4v) is 1.26. The number of hydrogen-bond acceptors (Lipinski definition) is 3. The molecule has 0 radical (unpaired) electrons. The van der Waals surface area contributed by atoms with Gasteiger partial charge in [-0.25, -0.2) is 0 Å². The average molecular weight is 172 g/mol. The van der Waals surface area contributed by atoms with Crippen LogP contribution >= 0.6 is 0 Å². The van der Waals surface area contributed by atoms with Gasteiger partial charge in [0.1, 0.15) is 0 Å². The molecule has 0 saturated carbocycles. The van der Waals surface area contributed by atoms with Crippen molar-refractivity contribution in [2.24, 2.45) is 11.7 Å². The Labute approximate surface area is 69.9 Å². The number of nitrogens with one attached hydrogen (secondary N) is 1. The van der Waals surface area contributed by atoms with Gasteiger partial charge in [0.25, 0.3) is 0 Å². The maximum atomic E-state index is 10.9. The van der Waals surface area contributed by atoms with Crippen molar-refractivity contribution in [3.63, 3.8) is 0 Å². The summed E-state index contributed by atoms with van der Waals surface area (Å²) in [4.78, 5) is 21.7. The summed E-state index contributed by atoms with van der Waals surface area (Å²) in [6.07, 6.45) is -0.406. The topological polar surface area (TPSA) is 92.4 Å². The first-order chi connectivity index (χ1) is 5.61. The number of aliphatic hydroxyl groups is 1. The lowest BCUT2D eigenvalue weighted by atomic mass is 9.97. The minimum atomic E-state index is -0.790. The quantitative estimate of drug-likeness (QED) is 0.443. The lowest BCUT2D eigenvalue weighted by Crippen LogP contribution is -2.34. The third-order valence-electron chi connectivity index (χ3n) is 2.00. The van der Waals surface area contributed by atoms with E-state index in [4.69, 9.17) is 5.73 Å². The van der Waals surface area contributed by atoms with Gasteiger partial charge in [-0.1, -0.05) is 0 Å². The zero-order valence-electron chi connectivity index (χ0n) is 6.62. The fourth-order valence-electron chi connectivity index (χ4n) is 1.26. The molecule has 0 aromatic rings. The Morgan fingerprint density at radius 1 is 1.67 bits per heavy atom. The summed E-state index contributed by atoms with van der Waals surface area (Å²) >= 11 is 0. The number of nitrogens with two attached hydrogens (primary N) is 1. The molecule has 2 amide bonds. The summed E-state index contributed by atoms with van der Waals surface area (Å²) in [5.74, 6) is -1.57. The fraction of sp³-hybridized carbons (Fsp3) is 0.714. The number of carbonyl (C=O) groups excluding carboxylic acids is 2. The van der Waals surface area contributed by atoms with E-state index in [0.717, 1.165) is 0 Å². The van der Waals surface area contributed by atoms with Gasteiger partial charge in [0.05, 0.1) is 12.0 Å². The number of amides is 2. The van der Waals surface area contributed by atoms with Crippen LogP contribution in [0.4, 0.5) is 0 Å². The number of rotatable bonds is 1. The van der Waals surface area contributed by atoms with Crippen LogP contribution in [-0.4, -0.2) is 29.6 Å². The van der Waals surface area contributed by atoms with E-state index in [9.17, 15) is 14.7 Å². The zero-order valence-corrected chi connectivity index (χ0v) is 6.62. The highest BCUT2D eigenvalue weighted by molar-refractivity contribution is 5.85. The molecule has 0 spiro atoms. The summed E-state index contributed by atoms with van der Waals surface area (Å²) in [7, 11) is 0. The maximum absolute atomic E-state index is 10.9. The Hall–Kier alpha value is -1.10. The number of hydrogen-bond donors (Lipinski definition) is 3. The van der Waals surface area contributed by atoms with Crippen LogP contribution in [0.25, 0.3) is 0 Å². The lowest BCUT2D eigenvalue weighted by Gasteiger charge is -2.14. The molecular formula is C7H12N2O3. The molecule has 0 aliphatic carbocycles. The summed E-state index contributed by atoms with van der Waals surface area (Å²) in [6.45, 7) is 0.407. The van der Waals surface area contributed by atoms with Crippen molar-refractivity contribution in [2.45, 2.75) is 18.9 Å². The SMILES string of the molecule is NC(=O)C1CC(=O)NCCC1O. The molecule has 0 aromatic heterocycles. The van der Waals surface area contributed by atoms with Crippen LogP contribution in [0.1, 0.15) is 12.8 Å². The number of aliphatic hydroxyl groups excluding tert-OH is 1. The monoisotopic (exact) mass is 172 g/mol. The summed E-state index contributed by atoms with van der Waals surface area (Å²) in [5.41, 5.74) is 5.01. The second-order valence-electron chi connectivity index (χ2n) is 2.92. The van der Waals surface area contributed by atoms with Crippen molar-refractivity contribution < 1.29 is 14.7 Å². The lowest BCUT2D eigenvalue weighted by molar-refractivity contribution is -0.130. The van der Waals surface area contributed by atoms with Gasteiger partial charge >= 0.3 is 0 Å². The van der Waals surface area contributed by atoms with Gasteiger partial charge in [-0.15, -0.1) is 0 Å². The Bertz CT molecular complexity index is 203. The Kier molecular flexibility index (Phi) is 2.65. The molecule has 4 N–H and O–H groups in total. The summed E-state index contributed by atoms with van der Waals surface area (Å²) in [6, 6.07) is 0. The van der Waals surface area contributed by atoms with E-state index in [2.05, 4.69) is 5.32 Å². The third kappa shape index (κ3) is 1.94. The number of primary amides is 1. The molecular weight excluding hydrogens is 160 g/mol. The van der Waals surface area contributed by atoms with Crippen LogP contribution in [-0.2, 0) is 9.59 Å². The van der Waals surface area contributed by atoms with Crippen molar-refractivity contribution in [1.82, 2.24) is 5.32 Å². The van der Waals surface area contributed by atoms with Crippen LogP contribution in [0.15, 0.2) is 0 Å². The molecule has 1 heterocycles. The van der Waals surface area contributed by atoms with E-state index >= 15 is 0 Å². The molecule has 0 aromatic carbocycles. The van der Waals surface area contributed by atoms with Crippen LogP contribution in [0, 0.1) is 5.92 Å². The second-order valence-corrected chi connectivity index (χ2v) is 2.92. The Morgan fingerprint density at radius 2 is 2.33 bits per heavy atom. The smallest absolute Gasteiger partial charge is 0.223 e. The highest BCUT2D eigenvalue weighted by Crippen LogP contribution is 2.14. The summed E-state index contributed by atoms with van der Waals surface area (Å²) < 4.78 is 0. The molecule has 5 nitrogen and oxygen atoms in total. The van der Waals surface area contributed by atoms with Crippen molar-refractivity contribution in [2.75, 3.05) is 6.54 Å². The van der Waals surface area contributed by atoms with Crippen LogP contribution in [0.3, 0.4) is 0 Å². The largest absolute Gasteiger partial charge is 0.392 e. The van der Waals surface area contributed by atoms with Crippen molar-refractivity contribution in [3.8, 4) is 0 Å². The van der Waals surface area contributed by atoms with Gasteiger partial charge in [0.15, 0.2) is 0 Å². The van der Waals surface area contributed by atoms with Gasteiger partial charge in [0, 0.05) is 13.0 Å². The molecule has 2 atom stereocenters. The van der Waals surface area contributed by atoms with Crippen molar-refractivity contribution >= 4 is 11.8 Å². The Balaban J connectivity index is 2.67. The number of carbonyl (C=O) groups is 2. The van der Waals surface area contributed by atoms with Gasteiger partial charge in [-0.3, -0.25) is 9.59 Å². The molecule has 1 aliphatic heterocycles. The average Bonchev–Trinajstić information content (AvgIpc) is 2.13. The molecule has 5 heteroatoms. The highest BCUT2D eigenvalue weighted by Gasteiger charge is 2.29. The van der Waals surface area contributed by atoms with Gasteiger partial charge in [0.2, 0.25) is 11.8 Å². The first-order valence-electron chi connectivity index (χ1n) is 3.85. The van der Waals surface area contributed by atoms with Gasteiger partial charge in [-0.05, 0) is 6.42 Å². The van der Waals surface area contributed by atoms with E-state index in [0.29, 0.717) is 13.0 Å². The standard InChI is InChI=1S/C7H12N2O3/c8-7(12)4-3-6(11)9-2-1-5(4)10/h4-5,10H,1-3H2,(H2,8,12)(H,9,11). The molecule has 0 bridgehead atoms. The predicted molar refractivity (Wildman–Crippen MR) is 40.9 cm³/mol. The molecule has 1 saturated heterocycles. The van der Waals surface area contributed by atoms with Crippen LogP contribution in [0.2, 0.25) is 0 Å². The van der Waals surface area contributed by atoms with E-state index in [-0.39, 0.29) is 12.3 Å².